The Balaban J connectivity index is 2.97. The maximum atomic E-state index is 11.5. The Hall–Kier alpha value is -1.63. The monoisotopic (exact) mass is 192 g/mol. The lowest BCUT2D eigenvalue weighted by Crippen LogP contribution is -2.42. The standard InChI is InChI=1S/C10H12N2O2/c1-6(2)8(5-11)12-9(13)4-7(3)10(12)14/h4,6,8H,1-3H3. The summed E-state index contributed by atoms with van der Waals surface area (Å²) in [6, 6.07) is 1.31. The van der Waals surface area contributed by atoms with Crippen LogP contribution < -0.4 is 0 Å². The van der Waals surface area contributed by atoms with E-state index >= 15 is 0 Å². The maximum absolute atomic E-state index is 11.5. The first-order chi connectivity index (χ1) is 6.49. The van der Waals surface area contributed by atoms with E-state index in [1.807, 2.05) is 19.9 Å². The van der Waals surface area contributed by atoms with Crippen LogP contribution in [0.4, 0.5) is 0 Å². The van der Waals surface area contributed by atoms with Gasteiger partial charge in [-0.3, -0.25) is 14.5 Å². The third-order valence-corrected chi connectivity index (χ3v) is 2.18. The highest BCUT2D eigenvalue weighted by atomic mass is 16.2. The second kappa shape index (κ2) is 3.62. The summed E-state index contributed by atoms with van der Waals surface area (Å²) in [5.41, 5.74) is 0.399. The molecule has 0 aliphatic carbocycles. The molecule has 0 fully saturated rings. The van der Waals surface area contributed by atoms with Gasteiger partial charge in [0, 0.05) is 11.6 Å². The van der Waals surface area contributed by atoms with Gasteiger partial charge in [0.05, 0.1) is 6.07 Å². The van der Waals surface area contributed by atoms with Gasteiger partial charge in [0.2, 0.25) is 0 Å². The van der Waals surface area contributed by atoms with Gasteiger partial charge >= 0.3 is 0 Å². The largest absolute Gasteiger partial charge is 0.269 e. The summed E-state index contributed by atoms with van der Waals surface area (Å²) < 4.78 is 0. The van der Waals surface area contributed by atoms with Crippen molar-refractivity contribution in [3.05, 3.63) is 11.6 Å². The fourth-order valence-electron chi connectivity index (χ4n) is 1.37. The van der Waals surface area contributed by atoms with Crippen molar-refractivity contribution in [2.24, 2.45) is 5.92 Å². The molecule has 14 heavy (non-hydrogen) atoms. The van der Waals surface area contributed by atoms with E-state index in [1.165, 1.54) is 6.08 Å². The first kappa shape index (κ1) is 10.5. The molecule has 0 N–H and O–H groups in total. The predicted molar refractivity (Wildman–Crippen MR) is 49.8 cm³/mol. The summed E-state index contributed by atoms with van der Waals surface area (Å²) in [7, 11) is 0. The number of imide groups is 1. The molecule has 1 aliphatic heterocycles. The van der Waals surface area contributed by atoms with Crippen LogP contribution in [0.15, 0.2) is 11.6 Å². The minimum absolute atomic E-state index is 0.0489. The van der Waals surface area contributed by atoms with E-state index in [9.17, 15) is 9.59 Å². The van der Waals surface area contributed by atoms with Crippen LogP contribution in [0.2, 0.25) is 0 Å². The number of hydrogen-bond acceptors (Lipinski definition) is 3. The number of hydrogen-bond donors (Lipinski definition) is 0. The average Bonchev–Trinajstić information content (AvgIpc) is 2.32. The molecule has 0 aromatic rings. The molecule has 1 rings (SSSR count). The highest BCUT2D eigenvalue weighted by Gasteiger charge is 2.35. The number of carbonyl (C=O) groups excluding carboxylic acids is 2. The van der Waals surface area contributed by atoms with Gasteiger partial charge in [-0.25, -0.2) is 0 Å². The van der Waals surface area contributed by atoms with Gasteiger partial charge in [0.1, 0.15) is 6.04 Å². The Morgan fingerprint density at radius 3 is 2.29 bits per heavy atom. The lowest BCUT2D eigenvalue weighted by atomic mass is 10.0. The first-order valence-corrected chi connectivity index (χ1v) is 4.44. The van der Waals surface area contributed by atoms with Crippen LogP contribution in [0.25, 0.3) is 0 Å². The zero-order chi connectivity index (χ0) is 10.9. The zero-order valence-electron chi connectivity index (χ0n) is 8.44. The van der Waals surface area contributed by atoms with Crippen LogP contribution in [-0.4, -0.2) is 22.8 Å². The van der Waals surface area contributed by atoms with Crippen LogP contribution in [0.1, 0.15) is 20.8 Å². The molecule has 0 saturated heterocycles. The smallest absolute Gasteiger partial charge is 0.257 e. The van der Waals surface area contributed by atoms with Crippen LogP contribution >= 0.6 is 0 Å². The van der Waals surface area contributed by atoms with E-state index in [2.05, 4.69) is 0 Å². The lowest BCUT2D eigenvalue weighted by Gasteiger charge is -2.23. The Labute approximate surface area is 82.8 Å². The van der Waals surface area contributed by atoms with E-state index in [-0.39, 0.29) is 17.7 Å². The van der Waals surface area contributed by atoms with Crippen molar-refractivity contribution in [1.82, 2.24) is 4.90 Å². The van der Waals surface area contributed by atoms with Crippen molar-refractivity contribution >= 4 is 11.8 Å². The van der Waals surface area contributed by atoms with Crippen molar-refractivity contribution in [2.75, 3.05) is 0 Å². The molecule has 1 atom stereocenters. The summed E-state index contributed by atoms with van der Waals surface area (Å²) in [5, 5.41) is 8.86. The van der Waals surface area contributed by atoms with Crippen LogP contribution in [0, 0.1) is 17.2 Å². The molecular formula is C10H12N2O2. The molecule has 1 unspecified atom stereocenters. The second-order valence-electron chi connectivity index (χ2n) is 3.66. The van der Waals surface area contributed by atoms with Gasteiger partial charge in [-0.2, -0.15) is 5.26 Å². The van der Waals surface area contributed by atoms with Gasteiger partial charge in [0.25, 0.3) is 11.8 Å². The van der Waals surface area contributed by atoms with E-state index in [0.717, 1.165) is 4.90 Å². The minimum Gasteiger partial charge on any atom is -0.269 e. The zero-order valence-corrected chi connectivity index (χ0v) is 8.44. The summed E-state index contributed by atoms with van der Waals surface area (Å²) in [5.74, 6) is -0.782. The third-order valence-electron chi connectivity index (χ3n) is 2.18. The molecule has 4 heteroatoms. The summed E-state index contributed by atoms with van der Waals surface area (Å²) in [4.78, 5) is 23.9. The highest BCUT2D eigenvalue weighted by Crippen LogP contribution is 2.19. The van der Waals surface area contributed by atoms with Gasteiger partial charge in [-0.1, -0.05) is 13.8 Å². The Bertz CT molecular complexity index is 350. The highest BCUT2D eigenvalue weighted by molar-refractivity contribution is 6.16. The molecule has 1 aliphatic rings. The molecule has 74 valence electrons. The number of nitriles is 1. The fourth-order valence-corrected chi connectivity index (χ4v) is 1.37. The normalized spacial score (nSPS) is 18.5. The lowest BCUT2D eigenvalue weighted by molar-refractivity contribution is -0.139. The molecule has 0 spiro atoms. The van der Waals surface area contributed by atoms with Crippen LogP contribution in [0.3, 0.4) is 0 Å². The van der Waals surface area contributed by atoms with Crippen LogP contribution in [0.5, 0.6) is 0 Å². The molecule has 2 amide bonds. The maximum Gasteiger partial charge on any atom is 0.257 e. The number of carbonyl (C=O) groups is 2. The quantitative estimate of drug-likeness (QED) is 0.609. The Morgan fingerprint density at radius 2 is 2.00 bits per heavy atom. The predicted octanol–water partition coefficient (Wildman–Crippen LogP) is 0.850. The fraction of sp³-hybridized carbons (Fsp3) is 0.500. The van der Waals surface area contributed by atoms with Crippen LogP contribution in [-0.2, 0) is 9.59 Å². The first-order valence-electron chi connectivity index (χ1n) is 4.44. The van der Waals surface area contributed by atoms with Crippen molar-refractivity contribution in [2.45, 2.75) is 26.8 Å². The molecule has 1 heterocycles. The topological polar surface area (TPSA) is 61.2 Å². The molecule has 0 radical (unpaired) electrons. The molecule has 0 aromatic carbocycles. The molecular weight excluding hydrogens is 180 g/mol. The van der Waals surface area contributed by atoms with Crippen molar-refractivity contribution in [3.63, 3.8) is 0 Å². The van der Waals surface area contributed by atoms with E-state index in [0.29, 0.717) is 5.57 Å². The minimum atomic E-state index is -0.663. The second-order valence-corrected chi connectivity index (χ2v) is 3.66. The molecule has 0 aromatic heterocycles. The van der Waals surface area contributed by atoms with Gasteiger partial charge in [-0.05, 0) is 12.8 Å². The van der Waals surface area contributed by atoms with Crippen molar-refractivity contribution < 1.29 is 9.59 Å². The molecule has 0 saturated carbocycles. The number of nitrogens with zero attached hydrogens (tertiary/aromatic N) is 2. The average molecular weight is 192 g/mol. The van der Waals surface area contributed by atoms with E-state index in [4.69, 9.17) is 5.26 Å². The summed E-state index contributed by atoms with van der Waals surface area (Å²) in [6.45, 7) is 5.19. The van der Waals surface area contributed by atoms with Gasteiger partial charge in [0.15, 0.2) is 0 Å². The summed E-state index contributed by atoms with van der Waals surface area (Å²) in [6.07, 6.45) is 1.27. The molecule has 4 nitrogen and oxygen atoms in total. The van der Waals surface area contributed by atoms with Gasteiger partial charge in [-0.15, -0.1) is 0 Å². The summed E-state index contributed by atoms with van der Waals surface area (Å²) >= 11 is 0. The van der Waals surface area contributed by atoms with E-state index < -0.39 is 6.04 Å². The SMILES string of the molecule is CC1=CC(=O)N(C(C#N)C(C)C)C1=O. The third kappa shape index (κ3) is 1.53. The van der Waals surface area contributed by atoms with E-state index in [1.54, 1.807) is 6.92 Å². The Morgan fingerprint density at radius 1 is 1.43 bits per heavy atom. The molecule has 0 bridgehead atoms. The van der Waals surface area contributed by atoms with Gasteiger partial charge < -0.3 is 0 Å². The number of rotatable bonds is 2. The van der Waals surface area contributed by atoms with Crippen molar-refractivity contribution in [1.29, 1.82) is 5.26 Å². The number of amides is 2. The van der Waals surface area contributed by atoms with Crippen molar-refractivity contribution in [3.8, 4) is 6.07 Å². The Kier molecular flexibility index (Phi) is 2.70.